The number of piperidine rings is 1. The molecule has 1 amide bonds. The van der Waals surface area contributed by atoms with E-state index in [0.29, 0.717) is 5.69 Å². The van der Waals surface area contributed by atoms with E-state index >= 15 is 0 Å². The second kappa shape index (κ2) is 5.48. The van der Waals surface area contributed by atoms with Crippen molar-refractivity contribution in [3.63, 3.8) is 0 Å². The molecule has 0 radical (unpaired) electrons. The zero-order chi connectivity index (χ0) is 15.0. The Morgan fingerprint density at radius 1 is 1.48 bits per heavy atom. The number of nitrogens with two attached hydrogens (primary N) is 1. The molecule has 21 heavy (non-hydrogen) atoms. The van der Waals surface area contributed by atoms with Gasteiger partial charge < -0.3 is 10.6 Å². The summed E-state index contributed by atoms with van der Waals surface area (Å²) < 4.78 is 0. The van der Waals surface area contributed by atoms with E-state index in [-0.39, 0.29) is 18.0 Å². The number of aromatic amines is 1. The summed E-state index contributed by atoms with van der Waals surface area (Å²) in [5.74, 6) is -0.00569. The average molecular weight is 286 g/mol. The van der Waals surface area contributed by atoms with Gasteiger partial charge in [0.1, 0.15) is 0 Å². The number of fused-ring (bicyclic) bond motifs is 1. The summed E-state index contributed by atoms with van der Waals surface area (Å²) in [6, 6.07) is 6.09. The number of amides is 1. The summed E-state index contributed by atoms with van der Waals surface area (Å²) in [7, 11) is 0. The molecule has 0 saturated carbocycles. The van der Waals surface area contributed by atoms with Gasteiger partial charge in [0.25, 0.3) is 5.91 Å². The van der Waals surface area contributed by atoms with Gasteiger partial charge in [-0.3, -0.25) is 9.89 Å². The lowest BCUT2D eigenvalue weighted by atomic mass is 9.96. The largest absolute Gasteiger partial charge is 0.333 e. The molecule has 1 saturated heterocycles. The summed E-state index contributed by atoms with van der Waals surface area (Å²) >= 11 is 0. The van der Waals surface area contributed by atoms with Gasteiger partial charge in [0.2, 0.25) is 0 Å². The molecule has 1 aromatic heterocycles. The van der Waals surface area contributed by atoms with Crippen molar-refractivity contribution >= 4 is 16.8 Å². The Kier molecular flexibility index (Phi) is 3.68. The number of nitrogens with one attached hydrogen (secondary N) is 1. The Balaban J connectivity index is 1.97. The first-order valence-electron chi connectivity index (χ1n) is 7.59. The second-order valence-corrected chi connectivity index (χ2v) is 6.04. The van der Waals surface area contributed by atoms with Gasteiger partial charge in [-0.2, -0.15) is 5.10 Å². The molecule has 5 nitrogen and oxygen atoms in total. The molecule has 0 unspecified atom stereocenters. The minimum atomic E-state index is -0.0128. The van der Waals surface area contributed by atoms with Crippen molar-refractivity contribution in [2.75, 3.05) is 6.54 Å². The van der Waals surface area contributed by atoms with E-state index in [1.54, 1.807) is 0 Å². The van der Waals surface area contributed by atoms with Crippen LogP contribution in [0, 0.1) is 6.92 Å². The SMILES string of the molecule is Cc1ccc2[nH]nc(C(=O)N3CCCC[C@H]3[C@H](C)N)c2c1. The van der Waals surface area contributed by atoms with Crippen LogP contribution in [0.3, 0.4) is 0 Å². The number of hydrogen-bond acceptors (Lipinski definition) is 3. The zero-order valence-corrected chi connectivity index (χ0v) is 12.6. The van der Waals surface area contributed by atoms with Crippen LogP contribution in [0.2, 0.25) is 0 Å². The molecule has 1 fully saturated rings. The Morgan fingerprint density at radius 3 is 3.05 bits per heavy atom. The third-order valence-electron chi connectivity index (χ3n) is 4.34. The molecule has 1 aliphatic rings. The molecule has 112 valence electrons. The number of nitrogens with zero attached hydrogens (tertiary/aromatic N) is 2. The fourth-order valence-electron chi connectivity index (χ4n) is 3.18. The molecule has 3 rings (SSSR count). The molecule has 0 bridgehead atoms. The predicted molar refractivity (Wildman–Crippen MR) is 83.2 cm³/mol. The van der Waals surface area contributed by atoms with Crippen molar-refractivity contribution in [2.45, 2.75) is 45.2 Å². The van der Waals surface area contributed by atoms with E-state index in [4.69, 9.17) is 5.73 Å². The van der Waals surface area contributed by atoms with Crippen LogP contribution in [0.25, 0.3) is 10.9 Å². The number of carbonyl (C=O) groups excluding carboxylic acids is 1. The fraction of sp³-hybridized carbons (Fsp3) is 0.500. The van der Waals surface area contributed by atoms with Crippen LogP contribution in [0.15, 0.2) is 18.2 Å². The molecule has 0 aliphatic carbocycles. The van der Waals surface area contributed by atoms with Crippen molar-refractivity contribution in [3.05, 3.63) is 29.5 Å². The highest BCUT2D eigenvalue weighted by Crippen LogP contribution is 2.24. The number of hydrogen-bond donors (Lipinski definition) is 2. The standard InChI is InChI=1S/C16H22N4O/c1-10-6-7-13-12(9-10)15(19-18-13)16(21)20-8-4-3-5-14(20)11(2)17/h6-7,9,11,14H,3-5,8,17H2,1-2H3,(H,18,19)/t11-,14-/m0/s1. The maximum absolute atomic E-state index is 12.9. The van der Waals surface area contributed by atoms with E-state index in [9.17, 15) is 4.79 Å². The monoisotopic (exact) mass is 286 g/mol. The first-order chi connectivity index (χ1) is 10.1. The number of carbonyl (C=O) groups is 1. The molecule has 3 N–H and O–H groups in total. The quantitative estimate of drug-likeness (QED) is 0.888. The summed E-state index contributed by atoms with van der Waals surface area (Å²) in [5.41, 5.74) is 8.60. The van der Waals surface area contributed by atoms with Crippen LogP contribution < -0.4 is 5.73 Å². The van der Waals surface area contributed by atoms with Crippen LogP contribution in [-0.2, 0) is 0 Å². The maximum Gasteiger partial charge on any atom is 0.275 e. The van der Waals surface area contributed by atoms with Crippen molar-refractivity contribution < 1.29 is 4.79 Å². The topological polar surface area (TPSA) is 75.0 Å². The number of aryl methyl sites for hydroxylation is 1. The third kappa shape index (κ3) is 2.53. The first kappa shape index (κ1) is 14.1. The van der Waals surface area contributed by atoms with Gasteiger partial charge in [0, 0.05) is 24.0 Å². The summed E-state index contributed by atoms with van der Waals surface area (Å²) in [6.45, 7) is 4.76. The molecule has 2 atom stereocenters. The lowest BCUT2D eigenvalue weighted by Gasteiger charge is -2.37. The van der Waals surface area contributed by atoms with Crippen LogP contribution in [0.4, 0.5) is 0 Å². The Hall–Kier alpha value is -1.88. The van der Waals surface area contributed by atoms with Crippen LogP contribution in [-0.4, -0.2) is 39.6 Å². The minimum Gasteiger partial charge on any atom is -0.333 e. The van der Waals surface area contributed by atoms with Crippen molar-refractivity contribution in [1.82, 2.24) is 15.1 Å². The number of H-pyrrole nitrogens is 1. The summed E-state index contributed by atoms with van der Waals surface area (Å²) in [5, 5.41) is 8.10. The fourth-order valence-corrected chi connectivity index (χ4v) is 3.18. The highest BCUT2D eigenvalue weighted by Gasteiger charge is 2.31. The van der Waals surface area contributed by atoms with Gasteiger partial charge >= 0.3 is 0 Å². The number of rotatable bonds is 2. The number of aromatic nitrogens is 2. The van der Waals surface area contributed by atoms with E-state index < -0.39 is 0 Å². The zero-order valence-electron chi connectivity index (χ0n) is 12.6. The van der Waals surface area contributed by atoms with Crippen molar-refractivity contribution in [1.29, 1.82) is 0 Å². The van der Waals surface area contributed by atoms with Crippen molar-refractivity contribution in [3.8, 4) is 0 Å². The molecular formula is C16H22N4O. The molecular weight excluding hydrogens is 264 g/mol. The number of benzene rings is 1. The van der Waals surface area contributed by atoms with Gasteiger partial charge in [-0.1, -0.05) is 11.6 Å². The normalized spacial score (nSPS) is 20.7. The smallest absolute Gasteiger partial charge is 0.275 e. The Bertz CT molecular complexity index is 661. The van der Waals surface area contributed by atoms with Crippen LogP contribution in [0.1, 0.15) is 42.2 Å². The first-order valence-corrected chi connectivity index (χ1v) is 7.59. The van der Waals surface area contributed by atoms with Gasteiger partial charge in [-0.05, 0) is 45.2 Å². The van der Waals surface area contributed by atoms with Gasteiger partial charge in [-0.15, -0.1) is 0 Å². The molecule has 0 spiro atoms. The van der Waals surface area contributed by atoms with E-state index in [2.05, 4.69) is 10.2 Å². The molecule has 5 heteroatoms. The molecule has 1 aliphatic heterocycles. The maximum atomic E-state index is 12.9. The lowest BCUT2D eigenvalue weighted by Crippen LogP contribution is -2.51. The molecule has 2 heterocycles. The third-order valence-corrected chi connectivity index (χ3v) is 4.34. The number of likely N-dealkylation sites (tertiary alicyclic amines) is 1. The lowest BCUT2D eigenvalue weighted by molar-refractivity contribution is 0.0579. The average Bonchev–Trinajstić information content (AvgIpc) is 2.89. The highest BCUT2D eigenvalue weighted by molar-refractivity contribution is 6.05. The molecule has 1 aromatic carbocycles. The van der Waals surface area contributed by atoms with E-state index in [1.165, 1.54) is 0 Å². The van der Waals surface area contributed by atoms with E-state index in [1.807, 2.05) is 36.9 Å². The van der Waals surface area contributed by atoms with Crippen molar-refractivity contribution in [2.24, 2.45) is 5.73 Å². The van der Waals surface area contributed by atoms with Gasteiger partial charge in [0.15, 0.2) is 5.69 Å². The predicted octanol–water partition coefficient (Wildman–Crippen LogP) is 2.21. The highest BCUT2D eigenvalue weighted by atomic mass is 16.2. The van der Waals surface area contributed by atoms with Gasteiger partial charge in [0.05, 0.1) is 5.52 Å². The summed E-state index contributed by atoms with van der Waals surface area (Å²) in [6.07, 6.45) is 3.15. The summed E-state index contributed by atoms with van der Waals surface area (Å²) in [4.78, 5) is 14.8. The molecule has 2 aromatic rings. The van der Waals surface area contributed by atoms with Gasteiger partial charge in [-0.25, -0.2) is 0 Å². The van der Waals surface area contributed by atoms with Crippen LogP contribution in [0.5, 0.6) is 0 Å². The second-order valence-electron chi connectivity index (χ2n) is 6.04. The Morgan fingerprint density at radius 2 is 2.29 bits per heavy atom. The van der Waals surface area contributed by atoms with Crippen LogP contribution >= 0.6 is 0 Å². The Labute approximate surface area is 124 Å². The van der Waals surface area contributed by atoms with E-state index in [0.717, 1.165) is 42.3 Å². The minimum absolute atomic E-state index is 0.00569.